The number of halogens is 1. The lowest BCUT2D eigenvalue weighted by Gasteiger charge is -2.38. The maximum atomic E-state index is 11.6. The predicted octanol–water partition coefficient (Wildman–Crippen LogP) is 1.66. The Labute approximate surface area is 129 Å². The molecular weight excluding hydrogens is 290 g/mol. The Morgan fingerprint density at radius 3 is 2.90 bits per heavy atom. The number of piperidine rings is 1. The largest absolute Gasteiger partial charge is 0.375 e. The van der Waals surface area contributed by atoms with E-state index in [9.17, 15) is 4.79 Å². The van der Waals surface area contributed by atoms with Crippen molar-refractivity contribution < 1.29 is 9.53 Å². The van der Waals surface area contributed by atoms with Crippen molar-refractivity contribution in [3.05, 3.63) is 24.3 Å². The molecule has 2 saturated heterocycles. The molecule has 1 amide bonds. The van der Waals surface area contributed by atoms with Gasteiger partial charge in [-0.05, 0) is 31.6 Å². The quantitative estimate of drug-likeness (QED) is 0.797. The van der Waals surface area contributed by atoms with Crippen LogP contribution in [-0.2, 0) is 16.0 Å². The molecule has 2 aliphatic heterocycles. The standard InChI is InChI=1S/C15H20ClN3O2/c16-9-14(20)19-5-1-15(2-6-19)8-12(11-21-15)7-13-10-17-3-4-18-13/h3-4,10,12H,1-2,5-9,11H2. The number of hydrogen-bond donors (Lipinski definition) is 0. The van der Waals surface area contributed by atoms with Gasteiger partial charge in [-0.15, -0.1) is 11.6 Å². The van der Waals surface area contributed by atoms with Gasteiger partial charge in [0.15, 0.2) is 0 Å². The molecule has 0 N–H and O–H groups in total. The number of aromatic nitrogens is 2. The Balaban J connectivity index is 1.54. The number of carbonyl (C=O) groups excluding carboxylic acids is 1. The summed E-state index contributed by atoms with van der Waals surface area (Å²) in [5.74, 6) is 0.598. The van der Waals surface area contributed by atoms with Gasteiger partial charge in [-0.3, -0.25) is 14.8 Å². The molecule has 2 aliphatic rings. The van der Waals surface area contributed by atoms with Gasteiger partial charge in [0.25, 0.3) is 0 Å². The maximum absolute atomic E-state index is 11.6. The first kappa shape index (κ1) is 14.7. The van der Waals surface area contributed by atoms with Crippen LogP contribution in [0.2, 0.25) is 0 Å². The van der Waals surface area contributed by atoms with Crippen molar-refractivity contribution in [2.24, 2.45) is 5.92 Å². The Kier molecular flexibility index (Phi) is 4.40. The molecule has 0 saturated carbocycles. The fourth-order valence-corrected chi connectivity index (χ4v) is 3.57. The highest BCUT2D eigenvalue weighted by Gasteiger charge is 2.43. The molecule has 21 heavy (non-hydrogen) atoms. The van der Waals surface area contributed by atoms with Gasteiger partial charge < -0.3 is 9.64 Å². The summed E-state index contributed by atoms with van der Waals surface area (Å²) in [5.41, 5.74) is 0.980. The molecule has 0 radical (unpaired) electrons. The molecule has 1 aromatic heterocycles. The van der Waals surface area contributed by atoms with Crippen LogP contribution in [0.25, 0.3) is 0 Å². The topological polar surface area (TPSA) is 55.3 Å². The van der Waals surface area contributed by atoms with Crippen LogP contribution in [0.5, 0.6) is 0 Å². The summed E-state index contributed by atoms with van der Waals surface area (Å²) in [6.07, 6.45) is 9.04. The third kappa shape index (κ3) is 3.35. The summed E-state index contributed by atoms with van der Waals surface area (Å²) in [5, 5.41) is 0. The van der Waals surface area contributed by atoms with Gasteiger partial charge in [-0.2, -0.15) is 0 Å². The Hall–Kier alpha value is -1.20. The first-order valence-corrected chi connectivity index (χ1v) is 7.97. The molecule has 0 aliphatic carbocycles. The highest BCUT2D eigenvalue weighted by atomic mass is 35.5. The lowest BCUT2D eigenvalue weighted by molar-refractivity contribution is -0.133. The van der Waals surface area contributed by atoms with Crippen LogP contribution in [0.4, 0.5) is 0 Å². The molecule has 3 heterocycles. The second kappa shape index (κ2) is 6.28. The minimum Gasteiger partial charge on any atom is -0.375 e. The lowest BCUT2D eigenvalue weighted by atomic mass is 9.84. The molecule has 2 fully saturated rings. The van der Waals surface area contributed by atoms with E-state index in [0.717, 1.165) is 51.1 Å². The van der Waals surface area contributed by atoms with Crippen LogP contribution in [0.15, 0.2) is 18.6 Å². The van der Waals surface area contributed by atoms with Crippen molar-refractivity contribution >= 4 is 17.5 Å². The average molecular weight is 310 g/mol. The molecule has 1 atom stereocenters. The first-order valence-electron chi connectivity index (χ1n) is 7.43. The molecule has 114 valence electrons. The van der Waals surface area contributed by atoms with E-state index < -0.39 is 0 Å². The number of alkyl halides is 1. The summed E-state index contributed by atoms with van der Waals surface area (Å²) >= 11 is 5.61. The van der Waals surface area contributed by atoms with E-state index in [1.54, 1.807) is 12.4 Å². The van der Waals surface area contributed by atoms with Crippen LogP contribution < -0.4 is 0 Å². The normalized spacial score (nSPS) is 24.4. The molecule has 0 bridgehead atoms. The van der Waals surface area contributed by atoms with E-state index in [2.05, 4.69) is 9.97 Å². The Bertz CT molecular complexity index is 489. The molecule has 6 heteroatoms. The van der Waals surface area contributed by atoms with Gasteiger partial charge in [0.1, 0.15) is 5.88 Å². The zero-order valence-corrected chi connectivity index (χ0v) is 12.8. The smallest absolute Gasteiger partial charge is 0.237 e. The van der Waals surface area contributed by atoms with Crippen LogP contribution in [0.1, 0.15) is 25.0 Å². The molecular formula is C15H20ClN3O2. The lowest BCUT2D eigenvalue weighted by Crippen LogP contribution is -2.46. The SMILES string of the molecule is O=C(CCl)N1CCC2(CC1)CC(Cc1cnccn1)CO2. The summed E-state index contributed by atoms with van der Waals surface area (Å²) < 4.78 is 6.11. The van der Waals surface area contributed by atoms with E-state index >= 15 is 0 Å². The van der Waals surface area contributed by atoms with Crippen LogP contribution >= 0.6 is 11.6 Å². The molecule has 1 unspecified atom stereocenters. The average Bonchev–Trinajstić information content (AvgIpc) is 2.91. The molecule has 3 rings (SSSR count). The second-order valence-corrected chi connectivity index (χ2v) is 6.25. The number of carbonyl (C=O) groups is 1. The van der Waals surface area contributed by atoms with E-state index in [1.165, 1.54) is 0 Å². The third-order valence-electron chi connectivity index (χ3n) is 4.54. The zero-order valence-electron chi connectivity index (χ0n) is 12.0. The van der Waals surface area contributed by atoms with Gasteiger partial charge in [0, 0.05) is 31.7 Å². The fourth-order valence-electron chi connectivity index (χ4n) is 3.40. The summed E-state index contributed by atoms with van der Waals surface area (Å²) in [7, 11) is 0. The van der Waals surface area contributed by atoms with Gasteiger partial charge in [0.2, 0.25) is 5.91 Å². The van der Waals surface area contributed by atoms with E-state index in [1.807, 2.05) is 11.1 Å². The van der Waals surface area contributed by atoms with Crippen molar-refractivity contribution in [1.82, 2.24) is 14.9 Å². The maximum Gasteiger partial charge on any atom is 0.237 e. The van der Waals surface area contributed by atoms with Gasteiger partial charge in [-0.1, -0.05) is 0 Å². The van der Waals surface area contributed by atoms with Crippen molar-refractivity contribution in [2.75, 3.05) is 25.6 Å². The Morgan fingerprint density at radius 2 is 2.24 bits per heavy atom. The van der Waals surface area contributed by atoms with E-state index in [0.29, 0.717) is 5.92 Å². The second-order valence-electron chi connectivity index (χ2n) is 5.98. The minimum atomic E-state index is -0.0457. The molecule has 1 spiro atoms. The Morgan fingerprint density at radius 1 is 1.43 bits per heavy atom. The van der Waals surface area contributed by atoms with Crippen LogP contribution in [0, 0.1) is 5.92 Å². The number of hydrogen-bond acceptors (Lipinski definition) is 4. The van der Waals surface area contributed by atoms with Crippen molar-refractivity contribution in [2.45, 2.75) is 31.3 Å². The summed E-state index contributed by atoms with van der Waals surface area (Å²) in [6.45, 7) is 2.28. The number of ether oxygens (including phenoxy) is 1. The van der Waals surface area contributed by atoms with Crippen LogP contribution in [-0.4, -0.2) is 52.0 Å². The third-order valence-corrected chi connectivity index (χ3v) is 4.77. The van der Waals surface area contributed by atoms with Gasteiger partial charge >= 0.3 is 0 Å². The summed E-state index contributed by atoms with van der Waals surface area (Å²) in [4.78, 5) is 21.9. The predicted molar refractivity (Wildman–Crippen MR) is 79.1 cm³/mol. The monoisotopic (exact) mass is 309 g/mol. The van der Waals surface area contributed by atoms with Gasteiger partial charge in [-0.25, -0.2) is 0 Å². The number of likely N-dealkylation sites (tertiary alicyclic amines) is 1. The van der Waals surface area contributed by atoms with Crippen molar-refractivity contribution in [3.63, 3.8) is 0 Å². The number of amides is 1. The van der Waals surface area contributed by atoms with Crippen molar-refractivity contribution in [3.8, 4) is 0 Å². The van der Waals surface area contributed by atoms with E-state index in [4.69, 9.17) is 16.3 Å². The minimum absolute atomic E-state index is 0.0284. The van der Waals surface area contributed by atoms with Gasteiger partial charge in [0.05, 0.1) is 17.9 Å². The van der Waals surface area contributed by atoms with E-state index in [-0.39, 0.29) is 17.4 Å². The molecule has 5 nitrogen and oxygen atoms in total. The highest BCUT2D eigenvalue weighted by Crippen LogP contribution is 2.39. The first-order chi connectivity index (χ1) is 10.2. The molecule has 1 aromatic rings. The summed E-state index contributed by atoms with van der Waals surface area (Å²) in [6, 6.07) is 0. The zero-order chi connectivity index (χ0) is 14.7. The molecule has 0 aromatic carbocycles. The number of rotatable bonds is 3. The fraction of sp³-hybridized carbons (Fsp3) is 0.667. The number of nitrogens with zero attached hydrogens (tertiary/aromatic N) is 3. The van der Waals surface area contributed by atoms with Crippen molar-refractivity contribution in [1.29, 1.82) is 0 Å². The van der Waals surface area contributed by atoms with Crippen LogP contribution in [0.3, 0.4) is 0 Å². The highest BCUT2D eigenvalue weighted by molar-refractivity contribution is 6.27.